The maximum Gasteiger partial charge on any atom is 0.362 e. The monoisotopic (exact) mass is 401 g/mol. The van der Waals surface area contributed by atoms with E-state index in [9.17, 15) is 13.2 Å². The van der Waals surface area contributed by atoms with E-state index in [2.05, 4.69) is 9.28 Å². The van der Waals surface area contributed by atoms with Crippen LogP contribution in [0.1, 0.15) is 18.4 Å². The second kappa shape index (κ2) is 7.25. The van der Waals surface area contributed by atoms with Crippen LogP contribution in [0.25, 0.3) is 0 Å². The molecule has 0 aromatic heterocycles. The van der Waals surface area contributed by atoms with Crippen molar-refractivity contribution < 1.29 is 22.1 Å². The lowest BCUT2D eigenvalue weighted by Gasteiger charge is -2.30. The van der Waals surface area contributed by atoms with Crippen molar-refractivity contribution in [1.82, 2.24) is 0 Å². The van der Waals surface area contributed by atoms with Crippen LogP contribution in [0.4, 0.5) is 11.4 Å². The minimum atomic E-state index is -3.90. The molecule has 2 aliphatic rings. The van der Waals surface area contributed by atoms with Gasteiger partial charge in [-0.3, -0.25) is 8.98 Å². The van der Waals surface area contributed by atoms with Gasteiger partial charge in [0.2, 0.25) is 5.91 Å². The van der Waals surface area contributed by atoms with Gasteiger partial charge in [-0.15, -0.1) is 0 Å². The van der Waals surface area contributed by atoms with E-state index in [0.29, 0.717) is 35.7 Å². The van der Waals surface area contributed by atoms with E-state index in [0.717, 1.165) is 12.7 Å². The number of nitrogens with zero attached hydrogens (tertiary/aromatic N) is 3. The molecule has 0 fully saturated rings. The van der Waals surface area contributed by atoms with Gasteiger partial charge in [0, 0.05) is 18.4 Å². The van der Waals surface area contributed by atoms with E-state index in [1.807, 2.05) is 36.4 Å². The highest BCUT2D eigenvalue weighted by Crippen LogP contribution is 2.35. The zero-order valence-electron chi connectivity index (χ0n) is 15.2. The van der Waals surface area contributed by atoms with Crippen molar-refractivity contribution >= 4 is 33.3 Å². The van der Waals surface area contributed by atoms with E-state index < -0.39 is 10.3 Å². The first-order valence-corrected chi connectivity index (χ1v) is 10.2. The molecular weight excluding hydrogens is 382 g/mol. The normalized spacial score (nSPS) is 17.0. The van der Waals surface area contributed by atoms with Crippen LogP contribution in [-0.4, -0.2) is 40.3 Å². The molecule has 0 atom stereocenters. The Morgan fingerprint density at radius 1 is 1.11 bits per heavy atom. The van der Waals surface area contributed by atoms with Gasteiger partial charge in [0.15, 0.2) is 0 Å². The lowest BCUT2D eigenvalue weighted by atomic mass is 10.0. The lowest BCUT2D eigenvalue weighted by Crippen LogP contribution is -2.38. The Morgan fingerprint density at radius 3 is 2.64 bits per heavy atom. The summed E-state index contributed by atoms with van der Waals surface area (Å²) in [5, 5.41) is 5.91. The fourth-order valence-electron chi connectivity index (χ4n) is 3.23. The molecule has 0 saturated carbocycles. The highest BCUT2D eigenvalue weighted by Gasteiger charge is 2.30. The van der Waals surface area contributed by atoms with E-state index in [4.69, 9.17) is 4.74 Å². The Kier molecular flexibility index (Phi) is 4.78. The molecule has 9 heteroatoms. The predicted molar refractivity (Wildman–Crippen MR) is 105 cm³/mol. The molecule has 0 unspecified atom stereocenters. The Labute approximate surface area is 163 Å². The third-order valence-corrected chi connectivity index (χ3v) is 5.97. The maximum atomic E-state index is 12.3. The van der Waals surface area contributed by atoms with Crippen LogP contribution >= 0.6 is 0 Å². The van der Waals surface area contributed by atoms with Crippen LogP contribution in [0.5, 0.6) is 5.75 Å². The quantitative estimate of drug-likeness (QED) is 0.784. The van der Waals surface area contributed by atoms with E-state index in [1.165, 1.54) is 9.31 Å². The molecule has 146 valence electrons. The number of benzene rings is 2. The fraction of sp³-hybridized carbons (Fsp3) is 0.263. The molecule has 0 bridgehead atoms. The number of amides is 1. The van der Waals surface area contributed by atoms with Gasteiger partial charge in [0.05, 0.1) is 30.7 Å². The summed E-state index contributed by atoms with van der Waals surface area (Å²) in [4.78, 5) is 12.3. The van der Waals surface area contributed by atoms with E-state index in [1.54, 1.807) is 12.1 Å². The summed E-state index contributed by atoms with van der Waals surface area (Å²) in [7, 11) is -2.77. The van der Waals surface area contributed by atoms with Crippen molar-refractivity contribution in [3.8, 4) is 5.75 Å². The molecule has 4 rings (SSSR count). The molecule has 2 aromatic rings. The zero-order valence-corrected chi connectivity index (χ0v) is 16.1. The van der Waals surface area contributed by atoms with Crippen LogP contribution in [0.3, 0.4) is 0 Å². The molecule has 0 aliphatic carbocycles. The van der Waals surface area contributed by atoms with Gasteiger partial charge < -0.3 is 4.74 Å². The molecule has 0 spiro atoms. The second-order valence-electron chi connectivity index (χ2n) is 6.32. The van der Waals surface area contributed by atoms with Crippen molar-refractivity contribution in [2.24, 2.45) is 5.10 Å². The molecule has 2 aliphatic heterocycles. The number of carbonyl (C=O) groups is 1. The van der Waals surface area contributed by atoms with Crippen LogP contribution in [0.2, 0.25) is 0 Å². The largest absolute Gasteiger partial charge is 0.489 e. The highest BCUT2D eigenvalue weighted by molar-refractivity contribution is 7.88. The van der Waals surface area contributed by atoms with Crippen LogP contribution in [0.15, 0.2) is 53.6 Å². The van der Waals surface area contributed by atoms with Crippen molar-refractivity contribution in [3.05, 3.63) is 54.1 Å². The molecule has 0 N–H and O–H groups in total. The minimum Gasteiger partial charge on any atom is -0.489 e. The summed E-state index contributed by atoms with van der Waals surface area (Å²) < 4.78 is 35.9. The third-order valence-electron chi connectivity index (χ3n) is 4.63. The zero-order chi connectivity index (χ0) is 19.7. The number of anilines is 2. The first-order chi connectivity index (χ1) is 13.5. The van der Waals surface area contributed by atoms with Gasteiger partial charge in [0.25, 0.3) is 0 Å². The summed E-state index contributed by atoms with van der Waals surface area (Å²) in [5.41, 5.74) is 2.52. The fourth-order valence-corrected chi connectivity index (χ4v) is 4.09. The number of rotatable bonds is 4. The summed E-state index contributed by atoms with van der Waals surface area (Å²) in [6.45, 7) is 0.403. The molecule has 2 aromatic carbocycles. The number of para-hydroxylation sites is 1. The Morgan fingerprint density at radius 2 is 1.89 bits per heavy atom. The highest BCUT2D eigenvalue weighted by atomic mass is 32.2. The van der Waals surface area contributed by atoms with Gasteiger partial charge in [-0.05, 0) is 30.3 Å². The van der Waals surface area contributed by atoms with Crippen LogP contribution in [0, 0.1) is 0 Å². The predicted octanol–water partition coefficient (Wildman–Crippen LogP) is 2.31. The summed E-state index contributed by atoms with van der Waals surface area (Å²) >= 11 is 0. The number of hydrogen-bond donors (Lipinski definition) is 0. The molecule has 0 saturated heterocycles. The molecule has 1 amide bonds. The number of hydrogen-bond acceptors (Lipinski definition) is 6. The van der Waals surface area contributed by atoms with Gasteiger partial charge in [0.1, 0.15) is 12.4 Å². The first-order valence-electron chi connectivity index (χ1n) is 8.80. The average Bonchev–Trinajstić information content (AvgIpc) is 2.74. The summed E-state index contributed by atoms with van der Waals surface area (Å²) in [5.74, 6) is 0.378. The standard InChI is InChI=1S/C19H19N3O5S/c1-26-28(24,25)21-11-12-27-18-9-7-14(13-17(18)21)16-8-10-19(23)22(20-16)15-5-3-2-4-6-15/h2-7,9,13H,8,10-12H2,1H3. The molecule has 2 heterocycles. The Hall–Kier alpha value is -2.91. The molecular formula is C19H19N3O5S. The minimum absolute atomic E-state index is 0.0835. The molecule has 8 nitrogen and oxygen atoms in total. The van der Waals surface area contributed by atoms with E-state index in [-0.39, 0.29) is 19.1 Å². The summed E-state index contributed by atoms with van der Waals surface area (Å²) in [6, 6.07) is 14.4. The second-order valence-corrected chi connectivity index (χ2v) is 7.94. The van der Waals surface area contributed by atoms with Crippen molar-refractivity contribution in [1.29, 1.82) is 0 Å². The van der Waals surface area contributed by atoms with Gasteiger partial charge in [-0.1, -0.05) is 18.2 Å². The topological polar surface area (TPSA) is 88.5 Å². The van der Waals surface area contributed by atoms with Crippen molar-refractivity contribution in [2.45, 2.75) is 12.8 Å². The van der Waals surface area contributed by atoms with Gasteiger partial charge in [-0.2, -0.15) is 13.5 Å². The first kappa shape index (κ1) is 18.5. The number of fused-ring (bicyclic) bond motifs is 1. The van der Waals surface area contributed by atoms with Crippen LogP contribution < -0.4 is 14.1 Å². The lowest BCUT2D eigenvalue weighted by molar-refractivity contribution is -0.118. The number of hydrazone groups is 1. The van der Waals surface area contributed by atoms with Gasteiger partial charge >= 0.3 is 10.3 Å². The summed E-state index contributed by atoms with van der Waals surface area (Å²) in [6.07, 6.45) is 0.792. The smallest absolute Gasteiger partial charge is 0.362 e. The maximum absolute atomic E-state index is 12.3. The Bertz CT molecular complexity index is 1040. The molecule has 28 heavy (non-hydrogen) atoms. The average molecular weight is 401 g/mol. The van der Waals surface area contributed by atoms with Gasteiger partial charge in [-0.25, -0.2) is 9.31 Å². The SMILES string of the molecule is COS(=O)(=O)N1CCOc2ccc(C3=NN(c4ccccc4)C(=O)CC3)cc21. The number of ether oxygens (including phenoxy) is 1. The van der Waals surface area contributed by atoms with Crippen molar-refractivity contribution in [3.63, 3.8) is 0 Å². The van der Waals surface area contributed by atoms with Crippen LogP contribution in [-0.2, 0) is 19.3 Å². The third kappa shape index (κ3) is 3.34. The van der Waals surface area contributed by atoms with Crippen molar-refractivity contribution in [2.75, 3.05) is 29.6 Å². The Balaban J connectivity index is 1.74. The number of carbonyl (C=O) groups excluding carboxylic acids is 1. The molecule has 0 radical (unpaired) electrons. The van der Waals surface area contributed by atoms with E-state index >= 15 is 0 Å².